The molecule has 2 aromatic rings. The molecule has 0 atom stereocenters. The predicted octanol–water partition coefficient (Wildman–Crippen LogP) is 3.49. The first kappa shape index (κ1) is 19.9. The molecule has 3 rings (SSSR count). The molecule has 1 N–H and O–H groups in total. The van der Waals surface area contributed by atoms with E-state index in [1.165, 1.54) is 5.56 Å². The second-order valence-electron chi connectivity index (χ2n) is 7.29. The molecule has 1 aliphatic rings. The molecule has 28 heavy (non-hydrogen) atoms. The largest absolute Gasteiger partial charge is 0.493 e. The molecular formula is C23H28N2O3. The van der Waals surface area contributed by atoms with Gasteiger partial charge in [-0.2, -0.15) is 0 Å². The number of carbonyl (C=O) groups is 2. The van der Waals surface area contributed by atoms with Crippen molar-refractivity contribution in [2.24, 2.45) is 0 Å². The molecule has 1 aliphatic heterocycles. The smallest absolute Gasteiger partial charge is 0.251 e. The van der Waals surface area contributed by atoms with Crippen LogP contribution in [0.25, 0.3) is 0 Å². The molecule has 5 heteroatoms. The van der Waals surface area contributed by atoms with Gasteiger partial charge in [0.25, 0.3) is 5.91 Å². The number of hydrogen-bond donors (Lipinski definition) is 1. The lowest BCUT2D eigenvalue weighted by molar-refractivity contribution is -0.132. The van der Waals surface area contributed by atoms with Gasteiger partial charge in [-0.15, -0.1) is 0 Å². The fourth-order valence-corrected chi connectivity index (χ4v) is 3.42. The van der Waals surface area contributed by atoms with E-state index in [9.17, 15) is 9.59 Å². The summed E-state index contributed by atoms with van der Waals surface area (Å²) in [5, 5.41) is 3.07. The van der Waals surface area contributed by atoms with Crippen LogP contribution in [-0.4, -0.2) is 42.5 Å². The summed E-state index contributed by atoms with van der Waals surface area (Å²) in [7, 11) is 0. The van der Waals surface area contributed by atoms with E-state index in [2.05, 4.69) is 5.32 Å². The van der Waals surface area contributed by atoms with E-state index in [4.69, 9.17) is 4.74 Å². The van der Waals surface area contributed by atoms with Gasteiger partial charge >= 0.3 is 0 Å². The Kier molecular flexibility index (Phi) is 6.69. The SMILES string of the molecule is Cc1cccc(OCCC(=O)N2CCC(NC(=O)c3ccccc3)CC2)c1C. The van der Waals surface area contributed by atoms with Gasteiger partial charge in [0.15, 0.2) is 0 Å². The fraction of sp³-hybridized carbons (Fsp3) is 0.391. The van der Waals surface area contributed by atoms with Crippen LogP contribution in [0.15, 0.2) is 48.5 Å². The number of piperidine rings is 1. The third-order valence-corrected chi connectivity index (χ3v) is 5.35. The van der Waals surface area contributed by atoms with E-state index >= 15 is 0 Å². The zero-order chi connectivity index (χ0) is 19.9. The van der Waals surface area contributed by atoms with Gasteiger partial charge in [0.05, 0.1) is 13.0 Å². The maximum absolute atomic E-state index is 12.4. The minimum atomic E-state index is -0.0488. The van der Waals surface area contributed by atoms with Crippen molar-refractivity contribution in [1.29, 1.82) is 0 Å². The third kappa shape index (κ3) is 5.12. The maximum Gasteiger partial charge on any atom is 0.251 e. The summed E-state index contributed by atoms with van der Waals surface area (Å²) in [5.74, 6) is 0.903. The Labute approximate surface area is 166 Å². The first-order valence-electron chi connectivity index (χ1n) is 9.87. The number of aryl methyl sites for hydroxylation is 1. The lowest BCUT2D eigenvalue weighted by atomic mass is 10.0. The van der Waals surface area contributed by atoms with E-state index in [1.54, 1.807) is 0 Å². The van der Waals surface area contributed by atoms with Gasteiger partial charge in [-0.1, -0.05) is 30.3 Å². The topological polar surface area (TPSA) is 58.6 Å². The minimum absolute atomic E-state index is 0.0488. The predicted molar refractivity (Wildman–Crippen MR) is 110 cm³/mol. The number of hydrogen-bond acceptors (Lipinski definition) is 3. The molecule has 0 spiro atoms. The molecule has 148 valence electrons. The van der Waals surface area contributed by atoms with Crippen molar-refractivity contribution in [3.05, 3.63) is 65.2 Å². The summed E-state index contributed by atoms with van der Waals surface area (Å²) in [6.07, 6.45) is 1.93. The van der Waals surface area contributed by atoms with Gasteiger partial charge in [-0.05, 0) is 56.0 Å². The lowest BCUT2D eigenvalue weighted by Crippen LogP contribution is -2.46. The van der Waals surface area contributed by atoms with Crippen LogP contribution in [0.4, 0.5) is 0 Å². The van der Waals surface area contributed by atoms with Crippen molar-refractivity contribution in [3.63, 3.8) is 0 Å². The van der Waals surface area contributed by atoms with Gasteiger partial charge in [0.1, 0.15) is 5.75 Å². The highest BCUT2D eigenvalue weighted by Gasteiger charge is 2.24. The summed E-state index contributed by atoms with van der Waals surface area (Å²) in [4.78, 5) is 26.6. The highest BCUT2D eigenvalue weighted by molar-refractivity contribution is 5.94. The Morgan fingerprint density at radius 3 is 2.46 bits per heavy atom. The van der Waals surface area contributed by atoms with Crippen LogP contribution in [0.2, 0.25) is 0 Å². The number of rotatable bonds is 6. The van der Waals surface area contributed by atoms with E-state index in [-0.39, 0.29) is 17.9 Å². The first-order valence-corrected chi connectivity index (χ1v) is 9.87. The van der Waals surface area contributed by atoms with Gasteiger partial charge in [-0.3, -0.25) is 9.59 Å². The second-order valence-corrected chi connectivity index (χ2v) is 7.29. The normalized spacial score (nSPS) is 14.6. The second kappa shape index (κ2) is 9.40. The van der Waals surface area contributed by atoms with Crippen molar-refractivity contribution in [2.75, 3.05) is 19.7 Å². The number of nitrogens with one attached hydrogen (secondary N) is 1. The number of carbonyl (C=O) groups excluding carboxylic acids is 2. The van der Waals surface area contributed by atoms with Crippen molar-refractivity contribution in [2.45, 2.75) is 39.2 Å². The van der Waals surface area contributed by atoms with Gasteiger partial charge < -0.3 is 15.0 Å². The molecule has 0 aromatic heterocycles. The molecule has 2 amide bonds. The maximum atomic E-state index is 12.4. The number of amides is 2. The van der Waals surface area contributed by atoms with E-state index in [0.717, 1.165) is 24.2 Å². The molecule has 0 saturated carbocycles. The van der Waals surface area contributed by atoms with Crippen molar-refractivity contribution in [3.8, 4) is 5.75 Å². The summed E-state index contributed by atoms with van der Waals surface area (Å²) in [5.41, 5.74) is 2.97. The number of nitrogens with zero attached hydrogens (tertiary/aromatic N) is 1. The molecule has 2 aromatic carbocycles. The van der Waals surface area contributed by atoms with Gasteiger partial charge in [-0.25, -0.2) is 0 Å². The van der Waals surface area contributed by atoms with Crippen molar-refractivity contribution in [1.82, 2.24) is 10.2 Å². The zero-order valence-corrected chi connectivity index (χ0v) is 16.6. The van der Waals surface area contributed by atoms with Gasteiger partial charge in [0.2, 0.25) is 5.91 Å². The van der Waals surface area contributed by atoms with Crippen LogP contribution in [-0.2, 0) is 4.79 Å². The Morgan fingerprint density at radius 2 is 1.75 bits per heavy atom. The summed E-state index contributed by atoms with van der Waals surface area (Å²) >= 11 is 0. The van der Waals surface area contributed by atoms with Crippen LogP contribution in [0.1, 0.15) is 40.7 Å². The Hall–Kier alpha value is -2.82. The Bertz CT molecular complexity index is 812. The molecule has 0 bridgehead atoms. The highest BCUT2D eigenvalue weighted by Crippen LogP contribution is 2.21. The molecule has 5 nitrogen and oxygen atoms in total. The summed E-state index contributed by atoms with van der Waals surface area (Å²) in [6.45, 7) is 5.80. The van der Waals surface area contributed by atoms with Crippen LogP contribution in [0.3, 0.4) is 0 Å². The number of benzene rings is 2. The molecule has 1 saturated heterocycles. The molecule has 1 fully saturated rings. The zero-order valence-electron chi connectivity index (χ0n) is 16.6. The number of ether oxygens (including phenoxy) is 1. The standard InChI is InChI=1S/C23H28N2O3/c1-17-7-6-10-21(18(17)2)28-16-13-22(26)25-14-11-20(12-15-25)24-23(27)19-8-4-3-5-9-19/h3-10,20H,11-16H2,1-2H3,(H,24,27). The Morgan fingerprint density at radius 1 is 1.04 bits per heavy atom. The highest BCUT2D eigenvalue weighted by atomic mass is 16.5. The molecule has 0 aliphatic carbocycles. The van der Waals surface area contributed by atoms with E-state index in [0.29, 0.717) is 31.7 Å². The first-order chi connectivity index (χ1) is 13.5. The fourth-order valence-electron chi connectivity index (χ4n) is 3.42. The Balaban J connectivity index is 1.40. The molecule has 0 unspecified atom stereocenters. The van der Waals surface area contributed by atoms with Crippen LogP contribution in [0.5, 0.6) is 5.75 Å². The average molecular weight is 380 g/mol. The van der Waals surface area contributed by atoms with Crippen LogP contribution >= 0.6 is 0 Å². The van der Waals surface area contributed by atoms with E-state index in [1.807, 2.05) is 67.3 Å². The van der Waals surface area contributed by atoms with Crippen molar-refractivity contribution < 1.29 is 14.3 Å². The molecule has 0 radical (unpaired) electrons. The molecule has 1 heterocycles. The molecular weight excluding hydrogens is 352 g/mol. The quantitative estimate of drug-likeness (QED) is 0.835. The third-order valence-electron chi connectivity index (χ3n) is 5.35. The van der Waals surface area contributed by atoms with Gasteiger partial charge in [0, 0.05) is 24.7 Å². The average Bonchev–Trinajstić information content (AvgIpc) is 2.72. The van der Waals surface area contributed by atoms with E-state index < -0.39 is 0 Å². The minimum Gasteiger partial charge on any atom is -0.493 e. The number of likely N-dealkylation sites (tertiary alicyclic amines) is 1. The summed E-state index contributed by atoms with van der Waals surface area (Å²) in [6, 6.07) is 15.3. The monoisotopic (exact) mass is 380 g/mol. The lowest BCUT2D eigenvalue weighted by Gasteiger charge is -2.32. The van der Waals surface area contributed by atoms with Crippen molar-refractivity contribution >= 4 is 11.8 Å². The summed E-state index contributed by atoms with van der Waals surface area (Å²) < 4.78 is 5.80. The van der Waals surface area contributed by atoms with Crippen LogP contribution in [0, 0.1) is 13.8 Å². The van der Waals surface area contributed by atoms with Crippen LogP contribution < -0.4 is 10.1 Å².